The first-order valence-electron chi connectivity index (χ1n) is 7.80. The average molecular weight is 348 g/mol. The SMILES string of the molecule is Cc1cc(C=Cc2cnc(C(=O)Oc3cncnc3)nc2)cc(C)c1O. The number of hydrogen-bond donors (Lipinski definition) is 1. The highest BCUT2D eigenvalue weighted by atomic mass is 16.5. The second kappa shape index (κ2) is 7.52. The van der Waals surface area contributed by atoms with E-state index in [9.17, 15) is 9.90 Å². The predicted molar refractivity (Wildman–Crippen MR) is 95.5 cm³/mol. The first kappa shape index (κ1) is 17.2. The van der Waals surface area contributed by atoms with Crippen LogP contribution in [-0.2, 0) is 0 Å². The number of ether oxygens (including phenoxy) is 1. The molecule has 0 saturated carbocycles. The lowest BCUT2D eigenvalue weighted by Crippen LogP contribution is -2.12. The molecule has 0 aliphatic carbocycles. The summed E-state index contributed by atoms with van der Waals surface area (Å²) >= 11 is 0. The lowest BCUT2D eigenvalue weighted by atomic mass is 10.1. The lowest BCUT2D eigenvalue weighted by Gasteiger charge is -2.04. The van der Waals surface area contributed by atoms with E-state index in [4.69, 9.17) is 4.74 Å². The molecule has 2 aromatic heterocycles. The molecule has 1 N–H and O–H groups in total. The summed E-state index contributed by atoms with van der Waals surface area (Å²) in [5, 5.41) is 9.81. The summed E-state index contributed by atoms with van der Waals surface area (Å²) in [4.78, 5) is 27.5. The van der Waals surface area contributed by atoms with Crippen LogP contribution >= 0.6 is 0 Å². The van der Waals surface area contributed by atoms with Gasteiger partial charge in [-0.2, -0.15) is 0 Å². The second-order valence-electron chi connectivity index (χ2n) is 5.64. The molecule has 26 heavy (non-hydrogen) atoms. The topological polar surface area (TPSA) is 98.1 Å². The number of aromatic hydroxyl groups is 1. The number of benzene rings is 1. The summed E-state index contributed by atoms with van der Waals surface area (Å²) < 4.78 is 5.08. The minimum absolute atomic E-state index is 0.0534. The van der Waals surface area contributed by atoms with Crippen molar-refractivity contribution in [3.63, 3.8) is 0 Å². The first-order chi connectivity index (χ1) is 12.5. The van der Waals surface area contributed by atoms with Crippen LogP contribution in [0.5, 0.6) is 11.5 Å². The summed E-state index contributed by atoms with van der Waals surface area (Å²) in [7, 11) is 0. The van der Waals surface area contributed by atoms with Crippen molar-refractivity contribution in [3.05, 3.63) is 71.3 Å². The van der Waals surface area contributed by atoms with E-state index in [1.54, 1.807) is 0 Å². The van der Waals surface area contributed by atoms with Gasteiger partial charge in [-0.1, -0.05) is 12.2 Å². The fourth-order valence-electron chi connectivity index (χ4n) is 2.30. The molecule has 0 aliphatic heterocycles. The molecule has 0 radical (unpaired) electrons. The van der Waals surface area contributed by atoms with E-state index < -0.39 is 5.97 Å². The van der Waals surface area contributed by atoms with Crippen molar-refractivity contribution in [1.82, 2.24) is 19.9 Å². The highest BCUT2D eigenvalue weighted by Gasteiger charge is 2.12. The molecule has 7 heteroatoms. The van der Waals surface area contributed by atoms with Crippen LogP contribution in [0, 0.1) is 13.8 Å². The Bertz CT molecular complexity index is 931. The molecule has 0 unspecified atom stereocenters. The molecule has 3 aromatic rings. The van der Waals surface area contributed by atoms with Crippen LogP contribution in [0.3, 0.4) is 0 Å². The maximum atomic E-state index is 12.0. The van der Waals surface area contributed by atoms with Crippen LogP contribution in [0.4, 0.5) is 0 Å². The molecular weight excluding hydrogens is 332 g/mol. The number of rotatable bonds is 4. The molecule has 7 nitrogen and oxygen atoms in total. The Morgan fingerprint density at radius 2 is 1.54 bits per heavy atom. The van der Waals surface area contributed by atoms with Crippen LogP contribution in [0.1, 0.15) is 32.9 Å². The standard InChI is InChI=1S/C19H16N4O3/c1-12-5-14(6-13(2)17(12)24)3-4-15-7-22-18(23-8-15)19(25)26-16-9-20-11-21-10-16/h3-11,24H,1-2H3. The van der Waals surface area contributed by atoms with Gasteiger partial charge < -0.3 is 9.84 Å². The van der Waals surface area contributed by atoms with Crippen LogP contribution in [0.25, 0.3) is 12.2 Å². The van der Waals surface area contributed by atoms with Gasteiger partial charge in [0.15, 0.2) is 5.75 Å². The molecule has 130 valence electrons. The molecule has 0 atom stereocenters. The second-order valence-corrected chi connectivity index (χ2v) is 5.64. The van der Waals surface area contributed by atoms with Crippen molar-refractivity contribution in [2.45, 2.75) is 13.8 Å². The maximum absolute atomic E-state index is 12.0. The Hall–Kier alpha value is -3.61. The molecule has 3 rings (SSSR count). The van der Waals surface area contributed by atoms with Crippen molar-refractivity contribution < 1.29 is 14.6 Å². The van der Waals surface area contributed by atoms with Gasteiger partial charge in [0, 0.05) is 18.0 Å². The largest absolute Gasteiger partial charge is 0.507 e. The fraction of sp³-hybridized carbons (Fsp3) is 0.105. The fourth-order valence-corrected chi connectivity index (χ4v) is 2.30. The minimum atomic E-state index is -0.680. The van der Waals surface area contributed by atoms with Gasteiger partial charge in [0.05, 0.1) is 12.4 Å². The summed E-state index contributed by atoms with van der Waals surface area (Å²) in [5.41, 5.74) is 3.30. The number of hydrogen-bond acceptors (Lipinski definition) is 7. The van der Waals surface area contributed by atoms with E-state index in [1.807, 2.05) is 38.1 Å². The Labute approximate surface area is 150 Å². The van der Waals surface area contributed by atoms with E-state index >= 15 is 0 Å². The molecule has 2 heterocycles. The van der Waals surface area contributed by atoms with Crippen molar-refractivity contribution >= 4 is 18.1 Å². The molecule has 0 amide bonds. The van der Waals surface area contributed by atoms with Crippen molar-refractivity contribution in [2.75, 3.05) is 0 Å². The zero-order chi connectivity index (χ0) is 18.5. The number of carbonyl (C=O) groups excluding carboxylic acids is 1. The van der Waals surface area contributed by atoms with Gasteiger partial charge in [-0.15, -0.1) is 0 Å². The van der Waals surface area contributed by atoms with Crippen LogP contribution in [0.2, 0.25) is 0 Å². The smallest absolute Gasteiger partial charge is 0.381 e. The molecule has 0 spiro atoms. The van der Waals surface area contributed by atoms with Gasteiger partial charge in [0.1, 0.15) is 12.1 Å². The number of phenolic OH excluding ortho intramolecular Hbond substituents is 1. The number of aromatic nitrogens is 4. The zero-order valence-electron chi connectivity index (χ0n) is 14.2. The zero-order valence-corrected chi connectivity index (χ0v) is 14.2. The van der Waals surface area contributed by atoms with Crippen LogP contribution in [0.15, 0.2) is 43.2 Å². The third kappa shape index (κ3) is 4.07. The van der Waals surface area contributed by atoms with Gasteiger partial charge in [0.2, 0.25) is 5.82 Å². The van der Waals surface area contributed by atoms with Crippen molar-refractivity contribution in [1.29, 1.82) is 0 Å². The van der Waals surface area contributed by atoms with Crippen molar-refractivity contribution in [2.24, 2.45) is 0 Å². The van der Waals surface area contributed by atoms with Crippen LogP contribution < -0.4 is 4.74 Å². The summed E-state index contributed by atoms with van der Waals surface area (Å²) in [6, 6.07) is 3.76. The lowest BCUT2D eigenvalue weighted by molar-refractivity contribution is 0.0720. The molecule has 0 bridgehead atoms. The molecule has 0 fully saturated rings. The van der Waals surface area contributed by atoms with E-state index in [1.165, 1.54) is 31.1 Å². The van der Waals surface area contributed by atoms with Gasteiger partial charge in [0.25, 0.3) is 0 Å². The Morgan fingerprint density at radius 3 is 2.15 bits per heavy atom. The maximum Gasteiger partial charge on any atom is 0.381 e. The van der Waals surface area contributed by atoms with E-state index in [2.05, 4.69) is 19.9 Å². The predicted octanol–water partition coefficient (Wildman–Crippen LogP) is 2.98. The third-order valence-corrected chi connectivity index (χ3v) is 3.58. The Kier molecular flexibility index (Phi) is 4.98. The summed E-state index contributed by atoms with van der Waals surface area (Å²) in [6.07, 6.45) is 10.9. The normalized spacial score (nSPS) is 10.8. The van der Waals surface area contributed by atoms with Crippen LogP contribution in [-0.4, -0.2) is 31.0 Å². The molecular formula is C19H16N4O3. The quantitative estimate of drug-likeness (QED) is 0.724. The van der Waals surface area contributed by atoms with Gasteiger partial charge in [-0.25, -0.2) is 24.7 Å². The Balaban J connectivity index is 1.70. The van der Waals surface area contributed by atoms with E-state index in [-0.39, 0.29) is 11.6 Å². The summed E-state index contributed by atoms with van der Waals surface area (Å²) in [6.45, 7) is 3.70. The molecule has 0 saturated heterocycles. The van der Waals surface area contributed by atoms with Gasteiger partial charge >= 0.3 is 5.97 Å². The highest BCUT2D eigenvalue weighted by Crippen LogP contribution is 2.23. The third-order valence-electron chi connectivity index (χ3n) is 3.58. The number of phenols is 1. The van der Waals surface area contributed by atoms with Gasteiger partial charge in [-0.3, -0.25) is 0 Å². The minimum Gasteiger partial charge on any atom is -0.507 e. The number of nitrogens with zero attached hydrogens (tertiary/aromatic N) is 4. The average Bonchev–Trinajstić information content (AvgIpc) is 2.65. The van der Waals surface area contributed by atoms with E-state index in [0.717, 1.165) is 22.3 Å². The number of carbonyl (C=O) groups is 1. The first-order valence-corrected chi connectivity index (χ1v) is 7.80. The Morgan fingerprint density at radius 1 is 0.962 bits per heavy atom. The van der Waals surface area contributed by atoms with Crippen molar-refractivity contribution in [3.8, 4) is 11.5 Å². The highest BCUT2D eigenvalue weighted by molar-refractivity contribution is 5.87. The molecule has 1 aromatic carbocycles. The number of aryl methyl sites for hydroxylation is 2. The summed E-state index contributed by atoms with van der Waals surface area (Å²) in [5.74, 6) is -0.206. The van der Waals surface area contributed by atoms with Gasteiger partial charge in [-0.05, 0) is 42.7 Å². The van der Waals surface area contributed by atoms with E-state index in [0.29, 0.717) is 5.75 Å². The number of esters is 1. The monoisotopic (exact) mass is 348 g/mol. The molecule has 0 aliphatic rings.